The molecule has 24 heavy (non-hydrogen) atoms. The molecule has 0 fully saturated rings. The zero-order valence-electron chi connectivity index (χ0n) is 13.2. The number of nitrogens with zero attached hydrogens (tertiary/aromatic N) is 2. The van der Waals surface area contributed by atoms with Gasteiger partial charge in [0.05, 0.1) is 19.8 Å². The van der Waals surface area contributed by atoms with E-state index in [0.29, 0.717) is 40.5 Å². The van der Waals surface area contributed by atoms with Gasteiger partial charge in [-0.15, -0.1) is 0 Å². The van der Waals surface area contributed by atoms with Crippen LogP contribution in [0.5, 0.6) is 11.5 Å². The van der Waals surface area contributed by atoms with Crippen LogP contribution in [0, 0.1) is 0 Å². The number of halogens is 1. The van der Waals surface area contributed by atoms with Crippen LogP contribution >= 0.6 is 11.6 Å². The Kier molecular flexibility index (Phi) is 4.86. The number of rotatable bonds is 6. The molecule has 0 radical (unpaired) electrons. The molecule has 1 N–H and O–H groups in total. The van der Waals surface area contributed by atoms with E-state index in [9.17, 15) is 0 Å². The van der Waals surface area contributed by atoms with Crippen LogP contribution in [0.25, 0.3) is 11.4 Å². The second-order valence-corrected chi connectivity index (χ2v) is 5.32. The normalized spacial score (nSPS) is 10.5. The summed E-state index contributed by atoms with van der Waals surface area (Å²) in [5, 5.41) is 7.73. The molecule has 1 heterocycles. The van der Waals surface area contributed by atoms with E-state index in [2.05, 4.69) is 15.5 Å². The molecule has 0 saturated carbocycles. The lowest BCUT2D eigenvalue weighted by Gasteiger charge is -2.09. The highest BCUT2D eigenvalue weighted by Crippen LogP contribution is 2.36. The molecule has 0 amide bonds. The van der Waals surface area contributed by atoms with E-state index in [0.717, 1.165) is 5.56 Å². The summed E-state index contributed by atoms with van der Waals surface area (Å²) in [6.07, 6.45) is 0. The molecule has 0 atom stereocenters. The Morgan fingerprint density at radius 2 is 1.92 bits per heavy atom. The number of hydrogen-bond donors (Lipinski definition) is 1. The van der Waals surface area contributed by atoms with Crippen LogP contribution in [0.3, 0.4) is 0 Å². The zero-order valence-corrected chi connectivity index (χ0v) is 14.0. The SMILES string of the molecule is COc1cccc(-c2noc(NCc3ccccc3Cl)n2)c1OC. The van der Waals surface area contributed by atoms with Crippen molar-refractivity contribution in [3.05, 3.63) is 53.1 Å². The second kappa shape index (κ2) is 7.23. The first-order valence-electron chi connectivity index (χ1n) is 7.25. The molecule has 3 rings (SSSR count). The standard InChI is InChI=1S/C17H16ClN3O3/c1-22-14-9-5-7-12(15(14)23-2)16-20-17(24-21-16)19-10-11-6-3-4-8-13(11)18/h3-9H,10H2,1-2H3,(H,19,20,21). The first kappa shape index (κ1) is 16.1. The van der Waals surface area contributed by atoms with Crippen molar-refractivity contribution in [1.29, 1.82) is 0 Å². The highest BCUT2D eigenvalue weighted by Gasteiger charge is 2.16. The first-order valence-corrected chi connectivity index (χ1v) is 7.63. The van der Waals surface area contributed by atoms with Gasteiger partial charge in [-0.05, 0) is 23.8 Å². The highest BCUT2D eigenvalue weighted by molar-refractivity contribution is 6.31. The van der Waals surface area contributed by atoms with Crippen molar-refractivity contribution in [2.75, 3.05) is 19.5 Å². The number of benzene rings is 2. The third-order valence-electron chi connectivity index (χ3n) is 3.46. The van der Waals surface area contributed by atoms with Gasteiger partial charge in [-0.3, -0.25) is 0 Å². The molecular weight excluding hydrogens is 330 g/mol. The van der Waals surface area contributed by atoms with Crippen molar-refractivity contribution in [3.8, 4) is 22.9 Å². The predicted molar refractivity (Wildman–Crippen MR) is 91.6 cm³/mol. The van der Waals surface area contributed by atoms with E-state index in [1.807, 2.05) is 36.4 Å². The summed E-state index contributed by atoms with van der Waals surface area (Å²) in [5.74, 6) is 1.57. The van der Waals surface area contributed by atoms with Crippen molar-refractivity contribution in [2.45, 2.75) is 6.54 Å². The Balaban J connectivity index is 1.80. The summed E-state index contributed by atoms with van der Waals surface area (Å²) in [4.78, 5) is 4.34. The number of nitrogens with one attached hydrogen (secondary N) is 1. The molecule has 124 valence electrons. The Hall–Kier alpha value is -2.73. The molecule has 1 aromatic heterocycles. The molecule has 0 spiro atoms. The average molecular weight is 346 g/mol. The fourth-order valence-electron chi connectivity index (χ4n) is 2.28. The molecule has 0 aliphatic heterocycles. The highest BCUT2D eigenvalue weighted by atomic mass is 35.5. The summed E-state index contributed by atoms with van der Waals surface area (Å²) in [6.45, 7) is 0.483. The molecule has 0 aliphatic carbocycles. The van der Waals surface area contributed by atoms with E-state index >= 15 is 0 Å². The van der Waals surface area contributed by atoms with Gasteiger partial charge in [-0.1, -0.05) is 41.0 Å². The Morgan fingerprint density at radius 1 is 1.08 bits per heavy atom. The summed E-state index contributed by atoms with van der Waals surface area (Å²) in [5.41, 5.74) is 1.63. The van der Waals surface area contributed by atoms with E-state index in [4.69, 9.17) is 25.6 Å². The van der Waals surface area contributed by atoms with Crippen LogP contribution in [0.4, 0.5) is 6.01 Å². The van der Waals surface area contributed by atoms with Crippen LogP contribution in [0.15, 0.2) is 47.0 Å². The molecule has 0 aliphatic rings. The molecule has 7 heteroatoms. The van der Waals surface area contributed by atoms with Gasteiger partial charge in [-0.25, -0.2) is 0 Å². The lowest BCUT2D eigenvalue weighted by Crippen LogP contribution is -2.00. The fraction of sp³-hybridized carbons (Fsp3) is 0.176. The van der Waals surface area contributed by atoms with Gasteiger partial charge < -0.3 is 19.3 Å². The van der Waals surface area contributed by atoms with E-state index in [1.165, 1.54) is 0 Å². The van der Waals surface area contributed by atoms with Crippen LogP contribution < -0.4 is 14.8 Å². The lowest BCUT2D eigenvalue weighted by atomic mass is 10.2. The molecule has 6 nitrogen and oxygen atoms in total. The van der Waals surface area contributed by atoms with Crippen molar-refractivity contribution in [2.24, 2.45) is 0 Å². The first-order chi connectivity index (χ1) is 11.7. The maximum Gasteiger partial charge on any atom is 0.322 e. The smallest absolute Gasteiger partial charge is 0.322 e. The summed E-state index contributed by atoms with van der Waals surface area (Å²) in [7, 11) is 3.15. The lowest BCUT2D eigenvalue weighted by molar-refractivity contribution is 0.355. The average Bonchev–Trinajstić information content (AvgIpc) is 3.09. The molecule has 2 aromatic carbocycles. The maximum atomic E-state index is 6.13. The van der Waals surface area contributed by atoms with Gasteiger partial charge in [0, 0.05) is 11.6 Å². The van der Waals surface area contributed by atoms with Crippen LogP contribution in [0.2, 0.25) is 5.02 Å². The number of anilines is 1. The van der Waals surface area contributed by atoms with Crippen LogP contribution in [-0.2, 0) is 6.54 Å². The monoisotopic (exact) mass is 345 g/mol. The topological polar surface area (TPSA) is 69.4 Å². The third-order valence-corrected chi connectivity index (χ3v) is 3.83. The summed E-state index contributed by atoms with van der Waals surface area (Å²) < 4.78 is 15.9. The minimum Gasteiger partial charge on any atom is -0.493 e. The molecule has 3 aromatic rings. The molecule has 0 saturated heterocycles. The van der Waals surface area contributed by atoms with Crippen molar-refractivity contribution >= 4 is 17.6 Å². The number of ether oxygens (including phenoxy) is 2. The second-order valence-electron chi connectivity index (χ2n) is 4.91. The van der Waals surface area contributed by atoms with Gasteiger partial charge in [0.15, 0.2) is 11.5 Å². The minimum atomic E-state index is 0.301. The largest absolute Gasteiger partial charge is 0.493 e. The van der Waals surface area contributed by atoms with Crippen LogP contribution in [-0.4, -0.2) is 24.4 Å². The Morgan fingerprint density at radius 3 is 2.67 bits per heavy atom. The van der Waals surface area contributed by atoms with E-state index in [1.54, 1.807) is 20.3 Å². The third kappa shape index (κ3) is 3.28. The molecule has 0 bridgehead atoms. The van der Waals surface area contributed by atoms with Gasteiger partial charge in [-0.2, -0.15) is 4.98 Å². The molecule has 0 unspecified atom stereocenters. The quantitative estimate of drug-likeness (QED) is 0.727. The predicted octanol–water partition coefficient (Wildman–Crippen LogP) is 4.02. The van der Waals surface area contributed by atoms with Gasteiger partial charge in [0.25, 0.3) is 0 Å². The Labute approximate surface area is 144 Å². The van der Waals surface area contributed by atoms with Crippen LogP contribution in [0.1, 0.15) is 5.56 Å². The van der Waals surface area contributed by atoms with Crippen molar-refractivity contribution in [1.82, 2.24) is 10.1 Å². The maximum absolute atomic E-state index is 6.13. The Bertz CT molecular complexity index is 835. The summed E-state index contributed by atoms with van der Waals surface area (Å²) >= 11 is 6.13. The zero-order chi connectivity index (χ0) is 16.9. The van der Waals surface area contributed by atoms with Crippen molar-refractivity contribution < 1.29 is 14.0 Å². The summed E-state index contributed by atoms with van der Waals surface area (Å²) in [6, 6.07) is 13.3. The van der Waals surface area contributed by atoms with E-state index in [-0.39, 0.29) is 0 Å². The number of methoxy groups -OCH3 is 2. The number of aromatic nitrogens is 2. The van der Waals surface area contributed by atoms with Crippen molar-refractivity contribution in [3.63, 3.8) is 0 Å². The van der Waals surface area contributed by atoms with Gasteiger partial charge in [0.1, 0.15) is 0 Å². The van der Waals surface area contributed by atoms with E-state index < -0.39 is 0 Å². The number of para-hydroxylation sites is 1. The van der Waals surface area contributed by atoms with Gasteiger partial charge >= 0.3 is 6.01 Å². The molecular formula is C17H16ClN3O3. The van der Waals surface area contributed by atoms with Gasteiger partial charge in [0.2, 0.25) is 5.82 Å². The number of hydrogen-bond acceptors (Lipinski definition) is 6. The fourth-order valence-corrected chi connectivity index (χ4v) is 2.48. The minimum absolute atomic E-state index is 0.301.